The van der Waals surface area contributed by atoms with E-state index in [-0.39, 0.29) is 13.2 Å². The number of carbonyl (C=O) groups excluding carboxylic acids is 1. The second-order valence-electron chi connectivity index (χ2n) is 4.88. The van der Waals surface area contributed by atoms with Gasteiger partial charge in [-0.15, -0.1) is 0 Å². The highest BCUT2D eigenvalue weighted by Gasteiger charge is 2.41. The molecular weight excluding hydrogens is 343 g/mol. The molecule has 1 aromatic heterocycles. The molecule has 0 aliphatic heterocycles. The second kappa shape index (κ2) is 7.24. The number of alkyl halides is 3. The van der Waals surface area contributed by atoms with Gasteiger partial charge >= 0.3 is 18.2 Å². The topological polar surface area (TPSA) is 93.5 Å². The van der Waals surface area contributed by atoms with Crippen LogP contribution < -0.4 is 5.32 Å². The van der Waals surface area contributed by atoms with E-state index >= 15 is 0 Å². The Labute approximate surface area is 140 Å². The molecule has 2 N–H and O–H groups in total. The number of aryl methyl sites for hydroxylation is 1. The Morgan fingerprint density at radius 1 is 1.28 bits per heavy atom. The Kier molecular flexibility index (Phi) is 5.30. The van der Waals surface area contributed by atoms with Crippen LogP contribution >= 0.6 is 0 Å². The van der Waals surface area contributed by atoms with Crippen LogP contribution in [0.3, 0.4) is 0 Å². The summed E-state index contributed by atoms with van der Waals surface area (Å²) < 4.78 is 44.7. The lowest BCUT2D eigenvalue weighted by atomic mass is 10.2. The van der Waals surface area contributed by atoms with E-state index in [0.29, 0.717) is 10.2 Å². The minimum atomic E-state index is -4.94. The minimum absolute atomic E-state index is 0.120. The summed E-state index contributed by atoms with van der Waals surface area (Å²) in [5.74, 6) is -1.65. The van der Waals surface area contributed by atoms with Crippen LogP contribution in [0.2, 0.25) is 0 Å². The van der Waals surface area contributed by atoms with Crippen molar-refractivity contribution < 1.29 is 32.6 Å². The first kappa shape index (κ1) is 18.3. The van der Waals surface area contributed by atoms with Crippen molar-refractivity contribution in [1.29, 1.82) is 0 Å². The lowest BCUT2D eigenvalue weighted by Gasteiger charge is -2.09. The number of benzene rings is 1. The Hall–Kier alpha value is -3.04. The highest BCUT2D eigenvalue weighted by molar-refractivity contribution is 5.98. The first-order valence-corrected chi connectivity index (χ1v) is 7.13. The largest absolute Gasteiger partial charge is 0.476 e. The average molecular weight is 357 g/mol. The molecule has 7 nitrogen and oxygen atoms in total. The number of halogens is 3. The molecule has 1 amide bonds. The van der Waals surface area contributed by atoms with Crippen LogP contribution in [0.4, 0.5) is 23.7 Å². The Bertz CT molecular complexity index is 772. The Morgan fingerprint density at radius 3 is 2.44 bits per heavy atom. The van der Waals surface area contributed by atoms with Crippen molar-refractivity contribution in [3.8, 4) is 0 Å². The zero-order chi connectivity index (χ0) is 18.6. The molecule has 1 aromatic carbocycles. The molecule has 0 radical (unpaired) electrons. The standard InChI is InChI=1S/C15H14F3N3O4/c1-2-21-11(13(22)23)10(12(20-21)15(16,17)18)19-14(24)25-8-9-6-4-3-5-7-9/h3-7H,2,8H2,1H3,(H,19,24)(H,22,23). The maximum atomic E-state index is 13.1. The summed E-state index contributed by atoms with van der Waals surface area (Å²) >= 11 is 0. The van der Waals surface area contributed by atoms with E-state index in [4.69, 9.17) is 9.84 Å². The fraction of sp³-hybridized carbons (Fsp3) is 0.267. The van der Waals surface area contributed by atoms with Crippen LogP contribution in [0.25, 0.3) is 0 Å². The third-order valence-electron chi connectivity index (χ3n) is 3.16. The molecular formula is C15H14F3N3O4. The van der Waals surface area contributed by atoms with Crippen molar-refractivity contribution in [2.24, 2.45) is 0 Å². The SMILES string of the molecule is CCn1nc(C(F)(F)F)c(NC(=O)OCc2ccccc2)c1C(=O)O. The number of anilines is 1. The summed E-state index contributed by atoms with van der Waals surface area (Å²) in [6, 6.07) is 8.47. The Balaban J connectivity index is 2.26. The van der Waals surface area contributed by atoms with Gasteiger partial charge in [-0.25, -0.2) is 9.59 Å². The van der Waals surface area contributed by atoms with Gasteiger partial charge in [0.25, 0.3) is 0 Å². The van der Waals surface area contributed by atoms with E-state index in [1.165, 1.54) is 6.92 Å². The van der Waals surface area contributed by atoms with Gasteiger partial charge in [-0.1, -0.05) is 30.3 Å². The number of carboxylic acids is 1. The third kappa shape index (κ3) is 4.28. The number of ether oxygens (including phenoxy) is 1. The highest BCUT2D eigenvalue weighted by Crippen LogP contribution is 2.36. The van der Waals surface area contributed by atoms with Gasteiger partial charge in [-0.2, -0.15) is 18.3 Å². The molecule has 0 aliphatic carbocycles. The van der Waals surface area contributed by atoms with Crippen molar-refractivity contribution in [2.75, 3.05) is 5.32 Å². The van der Waals surface area contributed by atoms with Crippen LogP contribution in [0.15, 0.2) is 30.3 Å². The van der Waals surface area contributed by atoms with Crippen molar-refractivity contribution in [2.45, 2.75) is 26.3 Å². The quantitative estimate of drug-likeness (QED) is 0.856. The van der Waals surface area contributed by atoms with E-state index in [1.807, 2.05) is 5.32 Å². The molecule has 25 heavy (non-hydrogen) atoms. The van der Waals surface area contributed by atoms with Gasteiger partial charge in [0.1, 0.15) is 12.3 Å². The number of hydrogen-bond donors (Lipinski definition) is 2. The number of carboxylic acid groups (broad SMARTS) is 1. The van der Waals surface area contributed by atoms with Gasteiger partial charge in [0.05, 0.1) is 0 Å². The third-order valence-corrected chi connectivity index (χ3v) is 3.16. The first-order valence-electron chi connectivity index (χ1n) is 7.13. The highest BCUT2D eigenvalue weighted by atomic mass is 19.4. The van der Waals surface area contributed by atoms with E-state index in [2.05, 4.69) is 5.10 Å². The van der Waals surface area contributed by atoms with Gasteiger partial charge in [-0.3, -0.25) is 10.00 Å². The first-order chi connectivity index (χ1) is 11.7. The molecule has 0 saturated carbocycles. The number of aromatic nitrogens is 2. The maximum absolute atomic E-state index is 13.1. The molecule has 2 aromatic rings. The molecule has 0 bridgehead atoms. The predicted molar refractivity (Wildman–Crippen MR) is 80.1 cm³/mol. The zero-order valence-electron chi connectivity index (χ0n) is 13.0. The van der Waals surface area contributed by atoms with Crippen molar-refractivity contribution in [3.05, 3.63) is 47.3 Å². The minimum Gasteiger partial charge on any atom is -0.476 e. The molecule has 1 heterocycles. The lowest BCUT2D eigenvalue weighted by molar-refractivity contribution is -0.140. The lowest BCUT2D eigenvalue weighted by Crippen LogP contribution is -2.19. The summed E-state index contributed by atoms with van der Waals surface area (Å²) in [7, 11) is 0. The summed E-state index contributed by atoms with van der Waals surface area (Å²) in [5.41, 5.74) is -2.59. The van der Waals surface area contributed by atoms with E-state index in [1.54, 1.807) is 30.3 Å². The van der Waals surface area contributed by atoms with Gasteiger partial charge < -0.3 is 9.84 Å². The maximum Gasteiger partial charge on any atom is 0.437 e. The number of rotatable bonds is 5. The summed E-state index contributed by atoms with van der Waals surface area (Å²) in [6.45, 7) is 1.13. The van der Waals surface area contributed by atoms with Gasteiger partial charge in [-0.05, 0) is 12.5 Å². The van der Waals surface area contributed by atoms with Crippen LogP contribution in [0, 0.1) is 0 Å². The normalized spacial score (nSPS) is 11.2. The second-order valence-corrected chi connectivity index (χ2v) is 4.88. The summed E-state index contributed by atoms with van der Waals surface area (Å²) in [4.78, 5) is 23.1. The van der Waals surface area contributed by atoms with Gasteiger partial charge in [0.15, 0.2) is 11.4 Å². The van der Waals surface area contributed by atoms with Crippen LogP contribution in [0.5, 0.6) is 0 Å². The molecule has 0 unspecified atom stereocenters. The number of nitrogens with one attached hydrogen (secondary N) is 1. The number of carbonyl (C=O) groups is 2. The summed E-state index contributed by atoms with van der Waals surface area (Å²) in [6.07, 6.45) is -6.15. The fourth-order valence-corrected chi connectivity index (χ4v) is 2.09. The number of nitrogens with zero attached hydrogens (tertiary/aromatic N) is 2. The van der Waals surface area contributed by atoms with Crippen LogP contribution in [0.1, 0.15) is 28.7 Å². The molecule has 134 valence electrons. The molecule has 0 fully saturated rings. The van der Waals surface area contributed by atoms with E-state index < -0.39 is 35.3 Å². The van der Waals surface area contributed by atoms with Crippen molar-refractivity contribution in [3.63, 3.8) is 0 Å². The van der Waals surface area contributed by atoms with E-state index in [0.717, 1.165) is 0 Å². The molecule has 0 atom stereocenters. The fourth-order valence-electron chi connectivity index (χ4n) is 2.09. The van der Waals surface area contributed by atoms with E-state index in [9.17, 15) is 22.8 Å². The van der Waals surface area contributed by atoms with Crippen molar-refractivity contribution >= 4 is 17.7 Å². The number of aromatic carboxylic acids is 1. The van der Waals surface area contributed by atoms with Gasteiger partial charge in [0.2, 0.25) is 0 Å². The number of amides is 1. The molecule has 10 heteroatoms. The monoisotopic (exact) mass is 357 g/mol. The summed E-state index contributed by atoms with van der Waals surface area (Å²) in [5, 5.41) is 14.2. The Morgan fingerprint density at radius 2 is 1.92 bits per heavy atom. The molecule has 2 rings (SSSR count). The van der Waals surface area contributed by atoms with Crippen LogP contribution in [-0.4, -0.2) is 26.9 Å². The number of hydrogen-bond acceptors (Lipinski definition) is 4. The molecule has 0 spiro atoms. The van der Waals surface area contributed by atoms with Crippen molar-refractivity contribution in [1.82, 2.24) is 9.78 Å². The zero-order valence-corrected chi connectivity index (χ0v) is 13.0. The van der Waals surface area contributed by atoms with Gasteiger partial charge in [0, 0.05) is 6.54 Å². The predicted octanol–water partition coefficient (Wildman–Crippen LogP) is 3.37. The molecule has 0 saturated heterocycles. The van der Waals surface area contributed by atoms with Crippen LogP contribution in [-0.2, 0) is 24.1 Å². The average Bonchev–Trinajstić information content (AvgIpc) is 2.92. The molecule has 0 aliphatic rings. The smallest absolute Gasteiger partial charge is 0.437 e.